The van der Waals surface area contributed by atoms with Crippen LogP contribution in [0.3, 0.4) is 0 Å². The number of hydrogen-bond acceptors (Lipinski definition) is 6. The molecule has 0 aliphatic rings. The number of rotatable bonds is 9. The highest BCUT2D eigenvalue weighted by Gasteiger charge is 2.09. The largest absolute Gasteiger partial charge is 0.491 e. The van der Waals surface area contributed by atoms with Crippen molar-refractivity contribution >= 4 is 36.4 Å². The van der Waals surface area contributed by atoms with E-state index >= 15 is 0 Å². The lowest BCUT2D eigenvalue weighted by Crippen LogP contribution is -2.10. The van der Waals surface area contributed by atoms with E-state index < -0.39 is 0 Å². The van der Waals surface area contributed by atoms with Gasteiger partial charge >= 0.3 is 5.97 Å². The maximum absolute atomic E-state index is 11.4. The first kappa shape index (κ1) is 17.5. The van der Waals surface area contributed by atoms with Gasteiger partial charge in [0.1, 0.15) is 12.4 Å². The molecule has 0 saturated carbocycles. The van der Waals surface area contributed by atoms with Crippen molar-refractivity contribution < 1.29 is 23.2 Å². The number of esters is 1. The minimum absolute atomic E-state index is 0.342. The summed E-state index contributed by atoms with van der Waals surface area (Å²) in [4.78, 5) is 11.4. The van der Waals surface area contributed by atoms with Gasteiger partial charge in [0, 0.05) is 21.2 Å². The quantitative estimate of drug-likeness (QED) is 0.269. The van der Waals surface area contributed by atoms with Gasteiger partial charge in [0.25, 0.3) is 0 Å². The van der Waals surface area contributed by atoms with Crippen LogP contribution in [-0.4, -0.2) is 39.5 Å². The number of hydrogen-bond donors (Lipinski definition) is 0. The second-order valence-electron chi connectivity index (χ2n) is 3.81. The molecule has 0 aliphatic heterocycles. The first-order chi connectivity index (χ1) is 9.69. The van der Waals surface area contributed by atoms with Crippen molar-refractivity contribution in [1.29, 1.82) is 0 Å². The smallest absolute Gasteiger partial charge is 0.338 e. The zero-order valence-corrected chi connectivity index (χ0v) is 14.4. The van der Waals surface area contributed by atoms with Crippen LogP contribution < -0.4 is 4.74 Å². The predicted octanol–water partition coefficient (Wildman–Crippen LogP) is 3.19. The number of halogens is 1. The molecule has 0 amide bonds. The molecule has 0 N–H and O–H groups in total. The third-order valence-corrected chi connectivity index (χ3v) is 3.47. The molecule has 0 aliphatic carbocycles. The Balaban J connectivity index is 2.31. The lowest BCUT2D eigenvalue weighted by molar-refractivity contribution is 0.0599. The molecule has 0 radical (unpaired) electrons. The highest BCUT2D eigenvalue weighted by molar-refractivity contribution is 14.2. The van der Waals surface area contributed by atoms with Gasteiger partial charge in [-0.15, -0.1) is 0 Å². The van der Waals surface area contributed by atoms with E-state index in [9.17, 15) is 4.79 Å². The summed E-state index contributed by atoms with van der Waals surface area (Å²) in [6.07, 6.45) is 0. The lowest BCUT2D eigenvalue weighted by atomic mass is 10.1. The molecule has 1 aromatic rings. The molecule has 0 fully saturated rings. The van der Waals surface area contributed by atoms with Crippen LogP contribution in [0.1, 0.15) is 15.9 Å². The average Bonchev–Trinajstić information content (AvgIpc) is 2.45. The number of benzene rings is 1. The molecular weight excluding hydrogens is 395 g/mol. The van der Waals surface area contributed by atoms with Crippen molar-refractivity contribution in [2.24, 2.45) is 0 Å². The molecule has 0 unspecified atom stereocenters. The van der Waals surface area contributed by atoms with Crippen molar-refractivity contribution in [1.82, 2.24) is 0 Å². The van der Waals surface area contributed by atoms with Gasteiger partial charge in [-0.1, -0.05) is 0 Å². The monoisotopic (exact) mass is 412 g/mol. The molecule has 0 spiro atoms. The number of aryl methyl sites for hydroxylation is 1. The Morgan fingerprint density at radius 3 is 2.65 bits per heavy atom. The molecule has 7 heteroatoms. The van der Waals surface area contributed by atoms with Gasteiger partial charge in [0.15, 0.2) is 0 Å². The van der Waals surface area contributed by atoms with E-state index in [-0.39, 0.29) is 5.97 Å². The minimum Gasteiger partial charge on any atom is -0.491 e. The Hall–Kier alpha value is -0.510. The summed E-state index contributed by atoms with van der Waals surface area (Å²) in [6, 6.07) is 5.25. The van der Waals surface area contributed by atoms with Crippen molar-refractivity contribution in [2.45, 2.75) is 6.92 Å². The molecule has 5 nitrogen and oxygen atoms in total. The van der Waals surface area contributed by atoms with Crippen LogP contribution in [0.15, 0.2) is 18.2 Å². The second kappa shape index (κ2) is 10.3. The predicted molar refractivity (Wildman–Crippen MR) is 86.4 cm³/mol. The van der Waals surface area contributed by atoms with Crippen molar-refractivity contribution in [3.63, 3.8) is 0 Å². The zero-order chi connectivity index (χ0) is 14.8. The summed E-state index contributed by atoms with van der Waals surface area (Å²) in [5.41, 5.74) is 1.37. The van der Waals surface area contributed by atoms with Gasteiger partial charge in [-0.3, -0.25) is 0 Å². The molecule has 0 aromatic heterocycles. The fraction of sp³-hybridized carbons (Fsp3) is 0.462. The Morgan fingerprint density at radius 2 is 2.00 bits per heavy atom. The summed E-state index contributed by atoms with van der Waals surface area (Å²) in [5, 5.41) is 0. The third-order valence-electron chi connectivity index (χ3n) is 2.46. The van der Waals surface area contributed by atoms with E-state index in [0.29, 0.717) is 37.7 Å². The SMILES string of the molecule is COC(=O)c1ccc(OCCOCCOSI)cc1C. The van der Waals surface area contributed by atoms with Crippen molar-refractivity contribution in [3.8, 4) is 5.75 Å². The van der Waals surface area contributed by atoms with Crippen molar-refractivity contribution in [2.75, 3.05) is 33.5 Å². The van der Waals surface area contributed by atoms with Crippen LogP contribution in [0.5, 0.6) is 5.75 Å². The van der Waals surface area contributed by atoms with Gasteiger partial charge in [-0.2, -0.15) is 0 Å². The van der Waals surface area contributed by atoms with Crippen LogP contribution in [-0.2, 0) is 13.7 Å². The van der Waals surface area contributed by atoms with Crippen LogP contribution in [0.4, 0.5) is 0 Å². The number of methoxy groups -OCH3 is 1. The third kappa shape index (κ3) is 6.29. The molecular formula is C13H17IO5S. The van der Waals surface area contributed by atoms with Crippen LogP contribution >= 0.6 is 30.4 Å². The number of carbonyl (C=O) groups is 1. The molecule has 1 aromatic carbocycles. The van der Waals surface area contributed by atoms with Crippen LogP contribution in [0.25, 0.3) is 0 Å². The summed E-state index contributed by atoms with van der Waals surface area (Å²) >= 11 is 2.06. The van der Waals surface area contributed by atoms with Crippen molar-refractivity contribution in [3.05, 3.63) is 29.3 Å². The molecule has 112 valence electrons. The Labute approximate surface area is 135 Å². The Morgan fingerprint density at radius 1 is 1.25 bits per heavy atom. The highest BCUT2D eigenvalue weighted by atomic mass is 127. The van der Waals surface area contributed by atoms with E-state index in [1.54, 1.807) is 12.1 Å². The summed E-state index contributed by atoms with van der Waals surface area (Å²) in [7, 11) is 2.66. The fourth-order valence-electron chi connectivity index (χ4n) is 1.51. The minimum atomic E-state index is -0.342. The van der Waals surface area contributed by atoms with Gasteiger partial charge in [-0.25, -0.2) is 4.79 Å². The highest BCUT2D eigenvalue weighted by Crippen LogP contribution is 2.18. The van der Waals surface area contributed by atoms with E-state index in [4.69, 9.17) is 13.7 Å². The topological polar surface area (TPSA) is 54.0 Å². The summed E-state index contributed by atoms with van der Waals surface area (Å²) in [5.74, 6) is 0.364. The summed E-state index contributed by atoms with van der Waals surface area (Å²) < 4.78 is 20.6. The Kier molecular flexibility index (Phi) is 8.99. The average molecular weight is 412 g/mol. The standard InChI is InChI=1S/C13H17IO5S/c1-10-9-11(3-4-12(10)13(15)16-2)18-7-5-17-6-8-19-20-14/h3-4,9H,5-8H2,1-2H3. The molecule has 1 rings (SSSR count). The Bertz CT molecular complexity index is 427. The van der Waals surface area contributed by atoms with Gasteiger partial charge in [0.2, 0.25) is 0 Å². The van der Waals surface area contributed by atoms with Crippen LogP contribution in [0, 0.1) is 6.92 Å². The molecule has 0 saturated heterocycles. The van der Waals surface area contributed by atoms with Gasteiger partial charge in [-0.05, 0) is 30.7 Å². The normalized spacial score (nSPS) is 10.3. The van der Waals surface area contributed by atoms with E-state index in [2.05, 4.69) is 25.9 Å². The first-order valence-corrected chi connectivity index (χ1v) is 9.27. The maximum Gasteiger partial charge on any atom is 0.338 e. The molecule has 0 bridgehead atoms. The first-order valence-electron chi connectivity index (χ1n) is 5.98. The van der Waals surface area contributed by atoms with Crippen LogP contribution in [0.2, 0.25) is 0 Å². The van der Waals surface area contributed by atoms with Gasteiger partial charge in [0.05, 0.1) is 41.7 Å². The molecule has 0 heterocycles. The second-order valence-corrected chi connectivity index (χ2v) is 5.25. The van der Waals surface area contributed by atoms with E-state index in [0.717, 1.165) is 5.56 Å². The number of carbonyl (C=O) groups excluding carboxylic acids is 1. The molecule has 20 heavy (non-hydrogen) atoms. The molecule has 0 atom stereocenters. The maximum atomic E-state index is 11.4. The fourth-order valence-corrected chi connectivity index (χ4v) is 2.18. The lowest BCUT2D eigenvalue weighted by Gasteiger charge is -2.09. The van der Waals surface area contributed by atoms with E-state index in [1.807, 2.05) is 13.0 Å². The summed E-state index contributed by atoms with van der Waals surface area (Å²) in [6.45, 7) is 3.89. The van der Waals surface area contributed by atoms with E-state index in [1.165, 1.54) is 16.3 Å². The zero-order valence-electron chi connectivity index (χ0n) is 11.4. The van der Waals surface area contributed by atoms with Gasteiger partial charge < -0.3 is 18.4 Å². The number of ether oxygens (including phenoxy) is 3.